The zero-order valence-corrected chi connectivity index (χ0v) is 29.0. The van der Waals surface area contributed by atoms with Crippen molar-refractivity contribution in [3.63, 3.8) is 0 Å². The van der Waals surface area contributed by atoms with E-state index in [1.807, 2.05) is 0 Å². The standard InChI is InChI=1S/C42H66N2/c1-4-6-8-10-11-12-13-14-15-16-17-18-19-27-33-40(41-43-34-36-44(41)35-28-20-9-7-5-2)42(3,39-31-25-22-26-32-39)37-38-29-23-21-24-30-38/h21-26,29-32,34,36,40H,4-20,27-28,33,35,37H2,1-3H3. The van der Waals surface area contributed by atoms with Gasteiger partial charge in [-0.15, -0.1) is 0 Å². The van der Waals surface area contributed by atoms with Gasteiger partial charge in [-0.2, -0.15) is 0 Å². The normalized spacial score (nSPS) is 13.6. The van der Waals surface area contributed by atoms with E-state index in [0.717, 1.165) is 13.0 Å². The van der Waals surface area contributed by atoms with Gasteiger partial charge in [0.15, 0.2) is 0 Å². The summed E-state index contributed by atoms with van der Waals surface area (Å²) in [5, 5.41) is 0. The van der Waals surface area contributed by atoms with Crippen molar-refractivity contribution >= 4 is 0 Å². The molecule has 0 aliphatic rings. The maximum Gasteiger partial charge on any atom is 0.112 e. The van der Waals surface area contributed by atoms with Crippen LogP contribution in [0, 0.1) is 0 Å². The van der Waals surface area contributed by atoms with E-state index < -0.39 is 0 Å². The van der Waals surface area contributed by atoms with Crippen LogP contribution < -0.4 is 0 Å². The summed E-state index contributed by atoms with van der Waals surface area (Å²) in [5.41, 5.74) is 2.84. The summed E-state index contributed by atoms with van der Waals surface area (Å²) in [4.78, 5) is 5.11. The number of rotatable bonds is 26. The van der Waals surface area contributed by atoms with E-state index in [4.69, 9.17) is 4.98 Å². The number of unbranched alkanes of at least 4 members (excludes halogenated alkanes) is 17. The topological polar surface area (TPSA) is 17.8 Å². The van der Waals surface area contributed by atoms with Crippen molar-refractivity contribution in [1.29, 1.82) is 0 Å². The Morgan fingerprint density at radius 1 is 0.591 bits per heavy atom. The molecule has 3 aromatic rings. The Bertz CT molecular complexity index is 1070. The van der Waals surface area contributed by atoms with E-state index >= 15 is 0 Å². The number of hydrogen-bond acceptors (Lipinski definition) is 1. The van der Waals surface area contributed by atoms with Crippen LogP contribution in [0.15, 0.2) is 73.1 Å². The molecule has 2 heteroatoms. The number of hydrogen-bond donors (Lipinski definition) is 0. The van der Waals surface area contributed by atoms with Gasteiger partial charge in [0, 0.05) is 30.3 Å². The van der Waals surface area contributed by atoms with Crippen molar-refractivity contribution in [2.24, 2.45) is 0 Å². The van der Waals surface area contributed by atoms with Crippen LogP contribution in [-0.2, 0) is 18.4 Å². The predicted molar refractivity (Wildman–Crippen MR) is 193 cm³/mol. The van der Waals surface area contributed by atoms with E-state index in [1.165, 1.54) is 145 Å². The summed E-state index contributed by atoms with van der Waals surface area (Å²) in [6.45, 7) is 8.21. The lowest BCUT2D eigenvalue weighted by Gasteiger charge is -2.39. The highest BCUT2D eigenvalue weighted by Crippen LogP contribution is 2.44. The van der Waals surface area contributed by atoms with Crippen LogP contribution in [0.25, 0.3) is 0 Å². The van der Waals surface area contributed by atoms with E-state index in [-0.39, 0.29) is 5.41 Å². The Balaban J connectivity index is 1.61. The van der Waals surface area contributed by atoms with Gasteiger partial charge in [-0.1, -0.05) is 197 Å². The molecule has 1 heterocycles. The first-order chi connectivity index (χ1) is 21.7. The van der Waals surface area contributed by atoms with Crippen LogP contribution in [-0.4, -0.2) is 9.55 Å². The molecule has 44 heavy (non-hydrogen) atoms. The minimum Gasteiger partial charge on any atom is -0.335 e. The smallest absolute Gasteiger partial charge is 0.112 e. The molecular weight excluding hydrogens is 532 g/mol. The third kappa shape index (κ3) is 12.9. The van der Waals surface area contributed by atoms with Gasteiger partial charge in [-0.05, 0) is 30.4 Å². The molecule has 0 saturated carbocycles. The van der Waals surface area contributed by atoms with Crippen molar-refractivity contribution < 1.29 is 0 Å². The van der Waals surface area contributed by atoms with Crippen LogP contribution in [0.5, 0.6) is 0 Å². The molecule has 0 bridgehead atoms. The SMILES string of the molecule is CCCCCCCCCCCCCCCCC(c1nccn1CCCCCCC)C(C)(Cc1ccccc1)c1ccccc1. The maximum absolute atomic E-state index is 5.11. The van der Waals surface area contributed by atoms with Gasteiger partial charge in [-0.25, -0.2) is 4.98 Å². The summed E-state index contributed by atoms with van der Waals surface area (Å²) in [5.74, 6) is 1.69. The van der Waals surface area contributed by atoms with Gasteiger partial charge in [0.25, 0.3) is 0 Å². The van der Waals surface area contributed by atoms with Gasteiger partial charge in [0.2, 0.25) is 0 Å². The number of aryl methyl sites for hydroxylation is 1. The van der Waals surface area contributed by atoms with Crippen molar-refractivity contribution in [2.75, 3.05) is 0 Å². The zero-order chi connectivity index (χ0) is 31.1. The molecule has 1 aromatic heterocycles. The molecule has 0 amide bonds. The molecule has 0 radical (unpaired) electrons. The number of imidazole rings is 1. The van der Waals surface area contributed by atoms with Gasteiger partial charge in [0.1, 0.15) is 5.82 Å². The Labute approximate surface area is 272 Å². The molecule has 2 nitrogen and oxygen atoms in total. The summed E-state index contributed by atoms with van der Waals surface area (Å²) < 4.78 is 2.51. The van der Waals surface area contributed by atoms with E-state index in [9.17, 15) is 0 Å². The highest BCUT2D eigenvalue weighted by Gasteiger charge is 2.39. The number of benzene rings is 2. The number of nitrogens with zero attached hydrogens (tertiary/aromatic N) is 2. The molecule has 0 spiro atoms. The Hall–Kier alpha value is -2.35. The fourth-order valence-corrected chi connectivity index (χ4v) is 7.25. The quantitative estimate of drug-likeness (QED) is 0.0840. The van der Waals surface area contributed by atoms with Crippen molar-refractivity contribution in [3.8, 4) is 0 Å². The van der Waals surface area contributed by atoms with Gasteiger partial charge >= 0.3 is 0 Å². The molecule has 2 unspecified atom stereocenters. The predicted octanol–water partition coefficient (Wildman–Crippen LogP) is 13.0. The lowest BCUT2D eigenvalue weighted by molar-refractivity contribution is 0.321. The lowest BCUT2D eigenvalue weighted by Crippen LogP contribution is -2.35. The van der Waals surface area contributed by atoms with Crippen molar-refractivity contribution in [2.45, 2.75) is 173 Å². The molecule has 0 fully saturated rings. The first-order valence-electron chi connectivity index (χ1n) is 18.8. The Morgan fingerprint density at radius 3 is 1.61 bits per heavy atom. The van der Waals surface area contributed by atoms with Crippen LogP contribution in [0.3, 0.4) is 0 Å². The highest BCUT2D eigenvalue weighted by atomic mass is 15.1. The van der Waals surface area contributed by atoms with Crippen LogP contribution in [0.2, 0.25) is 0 Å². The molecule has 2 aromatic carbocycles. The molecular formula is C42H66N2. The summed E-state index contributed by atoms with van der Waals surface area (Å²) in [6.07, 6.45) is 32.8. The van der Waals surface area contributed by atoms with E-state index in [1.54, 1.807) is 0 Å². The van der Waals surface area contributed by atoms with Crippen molar-refractivity contribution in [1.82, 2.24) is 9.55 Å². The first kappa shape index (κ1) is 36.1. The molecule has 2 atom stereocenters. The van der Waals surface area contributed by atoms with Gasteiger partial charge < -0.3 is 4.57 Å². The minimum absolute atomic E-state index is 0.0233. The Morgan fingerprint density at radius 2 is 1.07 bits per heavy atom. The maximum atomic E-state index is 5.11. The Kier molecular flexibility index (Phi) is 18.2. The molecule has 0 N–H and O–H groups in total. The summed E-state index contributed by atoms with van der Waals surface area (Å²) in [7, 11) is 0. The lowest BCUT2D eigenvalue weighted by atomic mass is 9.66. The highest BCUT2D eigenvalue weighted by molar-refractivity contribution is 5.33. The third-order valence-corrected chi connectivity index (χ3v) is 10.0. The zero-order valence-electron chi connectivity index (χ0n) is 29.0. The fourth-order valence-electron chi connectivity index (χ4n) is 7.25. The molecule has 0 aliphatic heterocycles. The monoisotopic (exact) mass is 599 g/mol. The average molecular weight is 599 g/mol. The first-order valence-corrected chi connectivity index (χ1v) is 18.8. The molecule has 0 aliphatic carbocycles. The van der Waals surface area contributed by atoms with Crippen LogP contribution in [0.4, 0.5) is 0 Å². The summed E-state index contributed by atoms with van der Waals surface area (Å²) in [6, 6.07) is 22.5. The molecule has 0 saturated heterocycles. The minimum atomic E-state index is -0.0233. The summed E-state index contributed by atoms with van der Waals surface area (Å²) >= 11 is 0. The third-order valence-electron chi connectivity index (χ3n) is 10.0. The largest absolute Gasteiger partial charge is 0.335 e. The second-order valence-corrected chi connectivity index (χ2v) is 13.8. The van der Waals surface area contributed by atoms with E-state index in [2.05, 4.69) is 98.4 Å². The van der Waals surface area contributed by atoms with Crippen molar-refractivity contribution in [3.05, 3.63) is 90.0 Å². The molecule has 244 valence electrons. The second kappa shape index (κ2) is 22.2. The fraction of sp³-hybridized carbons (Fsp3) is 0.643. The van der Waals surface area contributed by atoms with Crippen LogP contribution >= 0.6 is 0 Å². The number of aromatic nitrogens is 2. The average Bonchev–Trinajstić information content (AvgIpc) is 3.51. The van der Waals surface area contributed by atoms with Gasteiger partial charge in [-0.3, -0.25) is 0 Å². The van der Waals surface area contributed by atoms with Gasteiger partial charge in [0.05, 0.1) is 0 Å². The van der Waals surface area contributed by atoms with E-state index in [0.29, 0.717) is 5.92 Å². The van der Waals surface area contributed by atoms with Crippen LogP contribution in [0.1, 0.15) is 172 Å². The second-order valence-electron chi connectivity index (χ2n) is 13.8. The molecule has 3 rings (SSSR count).